The number of fused-ring (bicyclic) bond motifs is 1. The SMILES string of the molecule is O=C(NC1CCCCC1)NS(=O)(=O)c1ccc(CC(Cl)n2c(=O)[nH]c3ccccc3c2=O)cc1. The summed E-state index contributed by atoms with van der Waals surface area (Å²) in [5, 5.41) is 3.05. The summed E-state index contributed by atoms with van der Waals surface area (Å²) in [5.74, 6) is 0. The van der Waals surface area contributed by atoms with Crippen LogP contribution >= 0.6 is 11.6 Å². The number of alkyl halides is 1. The molecule has 0 spiro atoms. The molecule has 0 radical (unpaired) electrons. The molecule has 0 saturated heterocycles. The Hall–Kier alpha value is -3.11. The zero-order chi connectivity index (χ0) is 24.3. The molecular formula is C23H25ClN4O5S. The first-order valence-electron chi connectivity index (χ1n) is 11.0. The lowest BCUT2D eigenvalue weighted by molar-refractivity contribution is 0.237. The predicted molar refractivity (Wildman–Crippen MR) is 130 cm³/mol. The fourth-order valence-electron chi connectivity index (χ4n) is 4.16. The van der Waals surface area contributed by atoms with Crippen LogP contribution in [0, 0.1) is 0 Å². The van der Waals surface area contributed by atoms with Gasteiger partial charge in [0.2, 0.25) is 0 Å². The molecule has 1 atom stereocenters. The molecule has 1 saturated carbocycles. The average molecular weight is 505 g/mol. The van der Waals surface area contributed by atoms with Crippen molar-refractivity contribution in [1.82, 2.24) is 19.6 Å². The Kier molecular flexibility index (Phi) is 7.08. The van der Waals surface area contributed by atoms with Crippen LogP contribution < -0.4 is 21.3 Å². The van der Waals surface area contributed by atoms with E-state index < -0.39 is 32.8 Å². The zero-order valence-electron chi connectivity index (χ0n) is 18.3. The number of aromatic nitrogens is 2. The second kappa shape index (κ2) is 10.0. The number of H-pyrrole nitrogens is 1. The second-order valence-electron chi connectivity index (χ2n) is 8.35. The second-order valence-corrected chi connectivity index (χ2v) is 10.5. The highest BCUT2D eigenvalue weighted by molar-refractivity contribution is 7.90. The maximum absolute atomic E-state index is 12.7. The highest BCUT2D eigenvalue weighted by atomic mass is 35.5. The largest absolute Gasteiger partial charge is 0.335 e. The maximum Gasteiger partial charge on any atom is 0.330 e. The van der Waals surface area contributed by atoms with Crippen LogP contribution in [0.1, 0.15) is 43.2 Å². The van der Waals surface area contributed by atoms with Gasteiger partial charge in [-0.25, -0.2) is 27.3 Å². The topological polar surface area (TPSA) is 130 Å². The van der Waals surface area contributed by atoms with Crippen molar-refractivity contribution in [2.75, 3.05) is 0 Å². The molecule has 9 nitrogen and oxygen atoms in total. The molecular weight excluding hydrogens is 480 g/mol. The number of amides is 2. The third-order valence-corrected chi connectivity index (χ3v) is 7.62. The fourth-order valence-corrected chi connectivity index (χ4v) is 5.43. The van der Waals surface area contributed by atoms with Crippen LogP contribution in [0.2, 0.25) is 0 Å². The molecule has 1 heterocycles. The van der Waals surface area contributed by atoms with Gasteiger partial charge in [-0.1, -0.05) is 55.1 Å². The molecule has 4 rings (SSSR count). The van der Waals surface area contributed by atoms with Gasteiger partial charge in [-0.15, -0.1) is 0 Å². The number of nitrogens with zero attached hydrogens (tertiary/aromatic N) is 1. The van der Waals surface area contributed by atoms with Crippen LogP contribution in [0.5, 0.6) is 0 Å². The van der Waals surface area contributed by atoms with Gasteiger partial charge < -0.3 is 10.3 Å². The van der Waals surface area contributed by atoms with E-state index in [0.29, 0.717) is 16.5 Å². The number of carbonyl (C=O) groups is 1. The van der Waals surface area contributed by atoms with Crippen LogP contribution in [0.15, 0.2) is 63.0 Å². The first-order valence-corrected chi connectivity index (χ1v) is 13.0. The predicted octanol–water partition coefficient (Wildman–Crippen LogP) is 2.99. The molecule has 180 valence electrons. The van der Waals surface area contributed by atoms with Crippen LogP contribution in [0.4, 0.5) is 4.79 Å². The fraction of sp³-hybridized carbons (Fsp3) is 0.348. The number of rotatable bonds is 6. The summed E-state index contributed by atoms with van der Waals surface area (Å²) in [6.07, 6.45) is 4.93. The van der Waals surface area contributed by atoms with Gasteiger partial charge in [0.15, 0.2) is 0 Å². The molecule has 0 aliphatic heterocycles. The van der Waals surface area contributed by atoms with Crippen molar-refractivity contribution in [2.45, 2.75) is 55.0 Å². The van der Waals surface area contributed by atoms with Crippen LogP contribution in [0.25, 0.3) is 10.9 Å². The molecule has 1 fully saturated rings. The van der Waals surface area contributed by atoms with Crippen molar-refractivity contribution < 1.29 is 13.2 Å². The van der Waals surface area contributed by atoms with Crippen molar-refractivity contribution in [3.05, 3.63) is 74.9 Å². The van der Waals surface area contributed by atoms with Gasteiger partial charge >= 0.3 is 11.7 Å². The summed E-state index contributed by atoms with van der Waals surface area (Å²) in [5.41, 5.74) is -1.08. The lowest BCUT2D eigenvalue weighted by Crippen LogP contribution is -2.45. The quantitative estimate of drug-likeness (QED) is 0.444. The minimum Gasteiger partial charge on any atom is -0.335 e. The molecule has 2 aromatic carbocycles. The van der Waals surface area contributed by atoms with Crippen molar-refractivity contribution >= 4 is 38.6 Å². The Labute approximate surface area is 201 Å². The third-order valence-electron chi connectivity index (χ3n) is 5.92. The number of para-hydroxylation sites is 1. The Morgan fingerprint density at radius 1 is 1.06 bits per heavy atom. The number of hydrogen-bond donors (Lipinski definition) is 3. The van der Waals surface area contributed by atoms with Crippen LogP contribution in [-0.2, 0) is 16.4 Å². The summed E-state index contributed by atoms with van der Waals surface area (Å²) in [7, 11) is -4.05. The van der Waals surface area contributed by atoms with Crippen molar-refractivity contribution in [1.29, 1.82) is 0 Å². The van der Waals surface area contributed by atoms with E-state index in [-0.39, 0.29) is 17.4 Å². The zero-order valence-corrected chi connectivity index (χ0v) is 19.9. The summed E-state index contributed by atoms with van der Waals surface area (Å²) in [6, 6.07) is 11.6. The van der Waals surface area contributed by atoms with Crippen LogP contribution in [0.3, 0.4) is 0 Å². The van der Waals surface area contributed by atoms with Gasteiger partial charge in [-0.2, -0.15) is 0 Å². The molecule has 1 unspecified atom stereocenters. The summed E-state index contributed by atoms with van der Waals surface area (Å²) >= 11 is 6.40. The number of halogens is 1. The number of hydrogen-bond acceptors (Lipinski definition) is 5. The Morgan fingerprint density at radius 3 is 2.44 bits per heavy atom. The average Bonchev–Trinajstić information content (AvgIpc) is 2.79. The van der Waals surface area contributed by atoms with Gasteiger partial charge in [0.25, 0.3) is 15.6 Å². The molecule has 3 aromatic rings. The Balaban J connectivity index is 1.45. The van der Waals surface area contributed by atoms with E-state index in [1.165, 1.54) is 24.3 Å². The monoisotopic (exact) mass is 504 g/mol. The van der Waals surface area contributed by atoms with Crippen molar-refractivity contribution in [3.63, 3.8) is 0 Å². The summed E-state index contributed by atoms with van der Waals surface area (Å²) in [4.78, 5) is 39.9. The van der Waals surface area contributed by atoms with E-state index in [1.54, 1.807) is 24.3 Å². The van der Waals surface area contributed by atoms with Crippen molar-refractivity contribution in [3.8, 4) is 0 Å². The molecule has 11 heteroatoms. The van der Waals surface area contributed by atoms with E-state index in [2.05, 4.69) is 10.3 Å². The van der Waals surface area contributed by atoms with Gasteiger partial charge in [0.05, 0.1) is 15.8 Å². The van der Waals surface area contributed by atoms with Crippen molar-refractivity contribution in [2.24, 2.45) is 0 Å². The number of carbonyl (C=O) groups excluding carboxylic acids is 1. The number of urea groups is 1. The van der Waals surface area contributed by atoms with Gasteiger partial charge in [-0.3, -0.25) is 4.79 Å². The first kappa shape index (κ1) is 24.0. The standard InChI is InChI=1S/C23H25ClN4O5S/c24-20(28-21(29)18-8-4-5-9-19(18)26-23(28)31)14-15-10-12-17(13-11-15)34(32,33)27-22(30)25-16-6-2-1-3-7-16/h4-5,8-13,16,20H,1-3,6-7,14H2,(H,26,31)(H2,25,27,30). The smallest absolute Gasteiger partial charge is 0.330 e. The molecule has 1 aromatic heterocycles. The van der Waals surface area contributed by atoms with Gasteiger partial charge in [0.1, 0.15) is 5.50 Å². The number of aromatic amines is 1. The number of nitrogens with one attached hydrogen (secondary N) is 3. The highest BCUT2D eigenvalue weighted by Gasteiger charge is 2.22. The maximum atomic E-state index is 12.7. The lowest BCUT2D eigenvalue weighted by atomic mass is 9.96. The molecule has 0 bridgehead atoms. The third kappa shape index (κ3) is 5.34. The van der Waals surface area contributed by atoms with Crippen LogP contribution in [-0.4, -0.2) is 30.0 Å². The van der Waals surface area contributed by atoms with Gasteiger partial charge in [-0.05, 0) is 42.7 Å². The first-order chi connectivity index (χ1) is 16.2. The molecule has 1 aliphatic carbocycles. The van der Waals surface area contributed by atoms with E-state index in [0.717, 1.165) is 36.7 Å². The van der Waals surface area contributed by atoms with E-state index >= 15 is 0 Å². The molecule has 3 N–H and O–H groups in total. The number of benzene rings is 2. The lowest BCUT2D eigenvalue weighted by Gasteiger charge is -2.22. The van der Waals surface area contributed by atoms with E-state index in [9.17, 15) is 22.8 Å². The van der Waals surface area contributed by atoms with E-state index in [4.69, 9.17) is 11.6 Å². The minimum absolute atomic E-state index is 0.0198. The Bertz CT molecular complexity index is 1410. The normalized spacial score (nSPS) is 15.7. The Morgan fingerprint density at radius 2 is 1.74 bits per heavy atom. The molecule has 1 aliphatic rings. The number of sulfonamides is 1. The summed E-state index contributed by atoms with van der Waals surface area (Å²) < 4.78 is 28.1. The molecule has 34 heavy (non-hydrogen) atoms. The highest BCUT2D eigenvalue weighted by Crippen LogP contribution is 2.19. The summed E-state index contributed by atoms with van der Waals surface area (Å²) in [6.45, 7) is 0. The van der Waals surface area contributed by atoms with Gasteiger partial charge in [0, 0.05) is 12.5 Å². The minimum atomic E-state index is -4.05. The van der Waals surface area contributed by atoms with E-state index in [1.807, 2.05) is 4.72 Å². The molecule has 2 amide bonds.